The van der Waals surface area contributed by atoms with Crippen LogP contribution in [0.3, 0.4) is 0 Å². The largest absolute Gasteiger partial charge is 0.490 e. The van der Waals surface area contributed by atoms with Crippen LogP contribution in [0.2, 0.25) is 0 Å². The number of aromatic nitrogens is 3. The number of nitrogens with one attached hydrogen (secondary N) is 1. The smallest absolute Gasteiger partial charge is 0.416 e. The van der Waals surface area contributed by atoms with Gasteiger partial charge in [0, 0.05) is 18.9 Å². The maximum absolute atomic E-state index is 13.8. The summed E-state index contributed by atoms with van der Waals surface area (Å²) in [4.78, 5) is 53.1. The molecule has 0 saturated carbocycles. The molecule has 1 amide bonds. The Morgan fingerprint density at radius 1 is 0.845 bits per heavy atom. The second-order valence-electron chi connectivity index (χ2n) is 13.1. The molecule has 5 rings (SSSR count). The average Bonchev–Trinajstić information content (AvgIpc) is 3.18. The molecular weight excluding hydrogens is 776 g/mol. The molecule has 58 heavy (non-hydrogen) atoms. The van der Waals surface area contributed by atoms with E-state index >= 15 is 0 Å². The fourth-order valence-corrected chi connectivity index (χ4v) is 6.27. The van der Waals surface area contributed by atoms with Gasteiger partial charge >= 0.3 is 30.4 Å². The maximum atomic E-state index is 13.8. The van der Waals surface area contributed by atoms with Gasteiger partial charge in [-0.2, -0.15) is 26.3 Å². The zero-order chi connectivity index (χ0) is 42.0. The third-order valence-corrected chi connectivity index (χ3v) is 8.96. The summed E-state index contributed by atoms with van der Waals surface area (Å²) in [6, 6.07) is 11.9. The van der Waals surface area contributed by atoms with Crippen LogP contribution in [-0.4, -0.2) is 58.8 Å². The summed E-state index contributed by atoms with van der Waals surface area (Å²) < 4.78 is 104. The van der Waals surface area contributed by atoms with Gasteiger partial charge in [0.05, 0.1) is 60.3 Å². The van der Waals surface area contributed by atoms with Crippen LogP contribution in [0.4, 0.5) is 42.8 Å². The number of benzene rings is 2. The number of amides is 1. The third-order valence-electron chi connectivity index (χ3n) is 8.96. The van der Waals surface area contributed by atoms with Crippen LogP contribution in [-0.2, 0) is 44.4 Å². The van der Waals surface area contributed by atoms with E-state index in [9.17, 15) is 40.7 Å². The second kappa shape index (κ2) is 19.0. The number of carbonyl (C=O) groups excluding carboxylic acids is 3. The summed E-state index contributed by atoms with van der Waals surface area (Å²) in [5.41, 5.74) is -2.21. The summed E-state index contributed by atoms with van der Waals surface area (Å²) in [6.07, 6.45) is -9.31. The van der Waals surface area contributed by atoms with Crippen LogP contribution < -0.4 is 15.0 Å². The molecule has 12 nitrogen and oxygen atoms in total. The number of rotatable bonds is 15. The fourth-order valence-electron chi connectivity index (χ4n) is 6.27. The van der Waals surface area contributed by atoms with E-state index in [1.54, 1.807) is 44.2 Å². The Hall–Kier alpha value is -5.94. The molecule has 1 aliphatic heterocycles. The van der Waals surface area contributed by atoms with Crippen molar-refractivity contribution in [2.24, 2.45) is 0 Å². The first-order valence-corrected chi connectivity index (χ1v) is 18.5. The first kappa shape index (κ1) is 43.2. The molecule has 1 aliphatic rings. The number of hydrogen-bond acceptors (Lipinski definition) is 11. The van der Waals surface area contributed by atoms with Crippen molar-refractivity contribution in [3.63, 3.8) is 0 Å². The quantitative estimate of drug-likeness (QED) is 0.0532. The standard InChI is InChI=1S/C40H41F6N5O7/c1-4-28-21-31(35-32(51(28)38(54)56-6-3)15-14-29(48-35)36(53)58-23-24-11-8-7-9-12-24)50-37-47-22-33(57-16-10-13-34(52)55-5-2)30(49-37)19-25-17-26(39(41,42)43)20-27(18-25)40(44,45)46/h7-9,11-12,14-15,17-18,20,22,28,31H,4-6,10,13,16,19,21,23H2,1-3H3,(H,47,49,50)/t28-,31+/m1/s1. The number of fused-ring (bicyclic) bond motifs is 1. The number of esters is 2. The molecule has 3 heterocycles. The lowest BCUT2D eigenvalue weighted by molar-refractivity contribution is -0.144. The molecule has 310 valence electrons. The molecule has 2 atom stereocenters. The highest BCUT2D eigenvalue weighted by molar-refractivity contribution is 5.92. The molecule has 0 saturated heterocycles. The van der Waals surface area contributed by atoms with Gasteiger partial charge in [0.2, 0.25) is 5.95 Å². The van der Waals surface area contributed by atoms with E-state index in [2.05, 4.69) is 20.3 Å². The molecule has 0 unspecified atom stereocenters. The van der Waals surface area contributed by atoms with Crippen molar-refractivity contribution in [2.75, 3.05) is 30.0 Å². The Morgan fingerprint density at radius 2 is 1.53 bits per heavy atom. The van der Waals surface area contributed by atoms with E-state index in [4.69, 9.17) is 18.9 Å². The highest BCUT2D eigenvalue weighted by Crippen LogP contribution is 2.40. The topological polar surface area (TPSA) is 142 Å². The zero-order valence-corrected chi connectivity index (χ0v) is 31.8. The molecule has 0 spiro atoms. The number of hydrogen-bond donors (Lipinski definition) is 1. The molecule has 0 radical (unpaired) electrons. The molecule has 4 aromatic rings. The van der Waals surface area contributed by atoms with Gasteiger partial charge in [-0.1, -0.05) is 37.3 Å². The second-order valence-corrected chi connectivity index (χ2v) is 13.1. The van der Waals surface area contributed by atoms with Crippen molar-refractivity contribution in [1.82, 2.24) is 15.0 Å². The Balaban J connectivity index is 1.51. The number of carbonyl (C=O) groups is 3. The van der Waals surface area contributed by atoms with Crippen LogP contribution in [0.1, 0.15) is 96.6 Å². The summed E-state index contributed by atoms with van der Waals surface area (Å²) in [5.74, 6) is -1.38. The molecule has 2 aromatic heterocycles. The Kier molecular flexibility index (Phi) is 14.1. The van der Waals surface area contributed by atoms with E-state index in [1.165, 1.54) is 17.2 Å². The zero-order valence-electron chi connectivity index (χ0n) is 31.8. The van der Waals surface area contributed by atoms with Crippen molar-refractivity contribution >= 4 is 29.7 Å². The van der Waals surface area contributed by atoms with Gasteiger partial charge < -0.3 is 24.3 Å². The first-order valence-electron chi connectivity index (χ1n) is 18.5. The lowest BCUT2D eigenvalue weighted by Crippen LogP contribution is -2.46. The van der Waals surface area contributed by atoms with Gasteiger partial charge in [-0.3, -0.25) is 9.69 Å². The normalized spacial score (nSPS) is 15.3. The average molecular weight is 818 g/mol. The summed E-state index contributed by atoms with van der Waals surface area (Å²) in [7, 11) is 0. The van der Waals surface area contributed by atoms with Crippen LogP contribution >= 0.6 is 0 Å². The fraction of sp³-hybridized carbons (Fsp3) is 0.400. The van der Waals surface area contributed by atoms with Gasteiger partial charge in [-0.05, 0) is 74.6 Å². The number of anilines is 2. The number of ether oxygens (including phenoxy) is 4. The predicted octanol–water partition coefficient (Wildman–Crippen LogP) is 8.88. The molecular formula is C40H41F6N5O7. The predicted molar refractivity (Wildman–Crippen MR) is 197 cm³/mol. The minimum atomic E-state index is -5.08. The van der Waals surface area contributed by atoms with Crippen molar-refractivity contribution in [3.05, 3.63) is 106 Å². The molecule has 1 N–H and O–H groups in total. The third kappa shape index (κ3) is 11.1. The molecule has 0 bridgehead atoms. The van der Waals surface area contributed by atoms with E-state index < -0.39 is 60.0 Å². The van der Waals surface area contributed by atoms with Crippen molar-refractivity contribution in [2.45, 2.75) is 83.9 Å². The van der Waals surface area contributed by atoms with E-state index in [-0.39, 0.29) is 86.1 Å². The molecule has 2 aromatic carbocycles. The molecule has 0 fully saturated rings. The van der Waals surface area contributed by atoms with Gasteiger partial charge in [0.1, 0.15) is 12.3 Å². The Labute approximate surface area is 329 Å². The Morgan fingerprint density at radius 3 is 2.17 bits per heavy atom. The molecule has 0 aliphatic carbocycles. The lowest BCUT2D eigenvalue weighted by atomic mass is 9.93. The minimum absolute atomic E-state index is 0.0104. The highest BCUT2D eigenvalue weighted by Gasteiger charge is 2.39. The van der Waals surface area contributed by atoms with Crippen molar-refractivity contribution in [3.8, 4) is 5.75 Å². The minimum Gasteiger partial charge on any atom is -0.490 e. The number of pyridine rings is 1. The van der Waals surface area contributed by atoms with Gasteiger partial charge in [-0.15, -0.1) is 0 Å². The van der Waals surface area contributed by atoms with Crippen LogP contribution in [0.15, 0.2) is 66.9 Å². The van der Waals surface area contributed by atoms with Crippen LogP contribution in [0.5, 0.6) is 5.75 Å². The number of alkyl halides is 6. The molecule has 18 heteroatoms. The number of nitrogens with zero attached hydrogens (tertiary/aromatic N) is 4. The summed E-state index contributed by atoms with van der Waals surface area (Å²) >= 11 is 0. The highest BCUT2D eigenvalue weighted by atomic mass is 19.4. The van der Waals surface area contributed by atoms with Gasteiger partial charge in [0.15, 0.2) is 5.75 Å². The van der Waals surface area contributed by atoms with Crippen molar-refractivity contribution in [1.29, 1.82) is 0 Å². The summed E-state index contributed by atoms with van der Waals surface area (Å²) in [5, 5.41) is 3.15. The lowest BCUT2D eigenvalue weighted by Gasteiger charge is -2.39. The van der Waals surface area contributed by atoms with Gasteiger partial charge in [-0.25, -0.2) is 24.5 Å². The van der Waals surface area contributed by atoms with Gasteiger partial charge in [0.25, 0.3) is 0 Å². The van der Waals surface area contributed by atoms with E-state index in [1.807, 2.05) is 13.0 Å². The van der Waals surface area contributed by atoms with Crippen LogP contribution in [0, 0.1) is 0 Å². The Bertz CT molecular complexity index is 2030. The first-order chi connectivity index (χ1) is 27.6. The van der Waals surface area contributed by atoms with Crippen molar-refractivity contribution < 1.29 is 59.7 Å². The SMILES string of the molecule is CCOC(=O)CCCOc1cnc(N[C@H]2C[C@@H](CC)N(C(=O)OCC)c3ccc(C(=O)OCc4ccccc4)nc32)nc1Cc1cc(C(F)(F)F)cc(C(F)(F)F)c1. The summed E-state index contributed by atoms with van der Waals surface area (Å²) in [6.45, 7) is 5.31. The monoisotopic (exact) mass is 817 g/mol. The number of halogens is 6. The van der Waals surface area contributed by atoms with Crippen LogP contribution in [0.25, 0.3) is 0 Å². The van der Waals surface area contributed by atoms with E-state index in [0.29, 0.717) is 24.2 Å². The van der Waals surface area contributed by atoms with E-state index in [0.717, 1.165) is 5.56 Å². The maximum Gasteiger partial charge on any atom is 0.416 e.